The Bertz CT molecular complexity index is 297. The Labute approximate surface area is 123 Å². The van der Waals surface area contributed by atoms with Gasteiger partial charge in [0, 0.05) is 25.7 Å². The summed E-state index contributed by atoms with van der Waals surface area (Å²) in [5, 5.41) is 12.7. The largest absolute Gasteiger partial charge is 0.392 e. The lowest BCUT2D eigenvalue weighted by molar-refractivity contribution is -0.124. The summed E-state index contributed by atoms with van der Waals surface area (Å²) in [6, 6.07) is 0.138. The molecular weight excluding hydrogens is 252 g/mol. The van der Waals surface area contributed by atoms with Crippen LogP contribution in [0.4, 0.5) is 0 Å². The molecule has 4 atom stereocenters. The molecule has 1 aliphatic heterocycles. The second-order valence-electron chi connectivity index (χ2n) is 7.15. The van der Waals surface area contributed by atoms with Crippen molar-refractivity contribution in [3.05, 3.63) is 0 Å². The molecule has 0 aromatic heterocycles. The number of aliphatic hydroxyl groups is 1. The molecule has 0 saturated carbocycles. The van der Waals surface area contributed by atoms with E-state index < -0.39 is 6.10 Å². The number of likely N-dealkylation sites (tertiary alicyclic amines) is 1. The summed E-state index contributed by atoms with van der Waals surface area (Å²) in [4.78, 5) is 14.3. The molecule has 1 heterocycles. The van der Waals surface area contributed by atoms with E-state index in [0.29, 0.717) is 0 Å². The summed E-state index contributed by atoms with van der Waals surface area (Å²) in [6.45, 7) is 13.6. The molecule has 4 heteroatoms. The molecule has 0 radical (unpaired) electrons. The van der Waals surface area contributed by atoms with Crippen LogP contribution < -0.4 is 5.32 Å². The average Bonchev–Trinajstić information content (AvgIpc) is 2.26. The topological polar surface area (TPSA) is 52.6 Å². The van der Waals surface area contributed by atoms with Gasteiger partial charge in [-0.2, -0.15) is 0 Å². The average molecular weight is 284 g/mol. The fourth-order valence-corrected chi connectivity index (χ4v) is 3.13. The van der Waals surface area contributed by atoms with Crippen molar-refractivity contribution in [2.24, 2.45) is 17.8 Å². The third-order valence-corrected chi connectivity index (χ3v) is 4.05. The first kappa shape index (κ1) is 17.4. The molecule has 118 valence electrons. The maximum Gasteiger partial charge on any atom is 0.222 e. The molecule has 0 bridgehead atoms. The highest BCUT2D eigenvalue weighted by molar-refractivity contribution is 5.76. The smallest absolute Gasteiger partial charge is 0.222 e. The highest BCUT2D eigenvalue weighted by Crippen LogP contribution is 2.20. The molecule has 1 saturated heterocycles. The monoisotopic (exact) mass is 284 g/mol. The first-order valence-electron chi connectivity index (χ1n) is 7.97. The molecule has 2 N–H and O–H groups in total. The van der Waals surface area contributed by atoms with E-state index in [4.69, 9.17) is 0 Å². The molecule has 1 amide bonds. The number of carbonyl (C=O) groups is 1. The lowest BCUT2D eigenvalue weighted by Gasteiger charge is -2.36. The van der Waals surface area contributed by atoms with Gasteiger partial charge in [0.1, 0.15) is 0 Å². The van der Waals surface area contributed by atoms with Gasteiger partial charge in [0.05, 0.1) is 12.5 Å². The SMILES string of the molecule is CC1CC(C)CN(CC(C)NC(=O)CC(O)C(C)C)C1. The number of rotatable bonds is 6. The number of nitrogens with one attached hydrogen (secondary N) is 1. The van der Waals surface area contributed by atoms with E-state index in [9.17, 15) is 9.90 Å². The van der Waals surface area contributed by atoms with Crippen molar-refractivity contribution in [2.45, 2.75) is 59.6 Å². The van der Waals surface area contributed by atoms with Crippen LogP contribution in [0.1, 0.15) is 47.5 Å². The van der Waals surface area contributed by atoms with Crippen LogP contribution in [0.3, 0.4) is 0 Å². The second kappa shape index (κ2) is 7.99. The van der Waals surface area contributed by atoms with Crippen molar-refractivity contribution in [3.63, 3.8) is 0 Å². The molecule has 0 aromatic rings. The Morgan fingerprint density at radius 1 is 1.25 bits per heavy atom. The molecule has 0 aliphatic carbocycles. The third kappa shape index (κ3) is 6.23. The number of hydrogen-bond donors (Lipinski definition) is 2. The first-order chi connectivity index (χ1) is 9.27. The van der Waals surface area contributed by atoms with Gasteiger partial charge in [-0.05, 0) is 31.1 Å². The number of amides is 1. The van der Waals surface area contributed by atoms with E-state index in [2.05, 4.69) is 24.1 Å². The lowest BCUT2D eigenvalue weighted by Crippen LogP contribution is -2.47. The molecule has 1 rings (SSSR count). The van der Waals surface area contributed by atoms with E-state index in [1.807, 2.05) is 20.8 Å². The van der Waals surface area contributed by atoms with Gasteiger partial charge < -0.3 is 15.3 Å². The van der Waals surface area contributed by atoms with E-state index in [-0.39, 0.29) is 24.3 Å². The van der Waals surface area contributed by atoms with Crippen LogP contribution in [0.25, 0.3) is 0 Å². The Morgan fingerprint density at radius 3 is 2.30 bits per heavy atom. The lowest BCUT2D eigenvalue weighted by atomic mass is 9.92. The highest BCUT2D eigenvalue weighted by atomic mass is 16.3. The molecule has 4 unspecified atom stereocenters. The summed E-state index contributed by atoms with van der Waals surface area (Å²) in [7, 11) is 0. The Hall–Kier alpha value is -0.610. The molecular formula is C16H32N2O2. The number of nitrogens with zero attached hydrogens (tertiary/aromatic N) is 1. The number of hydrogen-bond acceptors (Lipinski definition) is 3. The van der Waals surface area contributed by atoms with Gasteiger partial charge in [0.25, 0.3) is 0 Å². The number of piperidine rings is 1. The zero-order valence-corrected chi connectivity index (χ0v) is 13.7. The van der Waals surface area contributed by atoms with Gasteiger partial charge >= 0.3 is 0 Å². The minimum atomic E-state index is -0.544. The van der Waals surface area contributed by atoms with Crippen molar-refractivity contribution in [1.29, 1.82) is 0 Å². The Kier molecular flexibility index (Phi) is 6.96. The van der Waals surface area contributed by atoms with Gasteiger partial charge in [-0.25, -0.2) is 0 Å². The minimum absolute atomic E-state index is 0.0446. The maximum absolute atomic E-state index is 11.8. The predicted octanol–water partition coefficient (Wildman–Crippen LogP) is 1.88. The van der Waals surface area contributed by atoms with E-state index >= 15 is 0 Å². The molecule has 1 fully saturated rings. The van der Waals surface area contributed by atoms with Crippen LogP contribution in [0, 0.1) is 17.8 Å². The van der Waals surface area contributed by atoms with Crippen molar-refractivity contribution in [2.75, 3.05) is 19.6 Å². The quantitative estimate of drug-likeness (QED) is 0.783. The first-order valence-corrected chi connectivity index (χ1v) is 7.97. The van der Waals surface area contributed by atoms with E-state index in [0.717, 1.165) is 31.5 Å². The summed E-state index contributed by atoms with van der Waals surface area (Å²) >= 11 is 0. The van der Waals surface area contributed by atoms with Crippen LogP contribution in [0.2, 0.25) is 0 Å². The fraction of sp³-hybridized carbons (Fsp3) is 0.938. The summed E-state index contributed by atoms with van der Waals surface area (Å²) in [6.07, 6.45) is 0.962. The van der Waals surface area contributed by atoms with Gasteiger partial charge in [0.15, 0.2) is 0 Å². The second-order valence-corrected chi connectivity index (χ2v) is 7.15. The van der Waals surface area contributed by atoms with Gasteiger partial charge in [-0.3, -0.25) is 4.79 Å². The molecule has 0 spiro atoms. The predicted molar refractivity (Wildman–Crippen MR) is 82.5 cm³/mol. The molecule has 0 aromatic carbocycles. The van der Waals surface area contributed by atoms with Crippen molar-refractivity contribution < 1.29 is 9.90 Å². The molecule has 1 aliphatic rings. The standard InChI is InChI=1S/C16H32N2O2/c1-11(2)15(19)7-16(20)17-14(5)10-18-8-12(3)6-13(4)9-18/h11-15,19H,6-10H2,1-5H3,(H,17,20). The summed E-state index contributed by atoms with van der Waals surface area (Å²) in [5.74, 6) is 1.56. The summed E-state index contributed by atoms with van der Waals surface area (Å²) < 4.78 is 0. The summed E-state index contributed by atoms with van der Waals surface area (Å²) in [5.41, 5.74) is 0. The highest BCUT2D eigenvalue weighted by Gasteiger charge is 2.23. The number of aliphatic hydroxyl groups excluding tert-OH is 1. The van der Waals surface area contributed by atoms with Crippen LogP contribution in [-0.2, 0) is 4.79 Å². The molecule has 4 nitrogen and oxygen atoms in total. The van der Waals surface area contributed by atoms with Gasteiger partial charge in [-0.1, -0.05) is 27.7 Å². The van der Waals surface area contributed by atoms with E-state index in [1.165, 1.54) is 6.42 Å². The normalized spacial score (nSPS) is 27.4. The van der Waals surface area contributed by atoms with Crippen LogP contribution >= 0.6 is 0 Å². The Morgan fingerprint density at radius 2 is 1.80 bits per heavy atom. The minimum Gasteiger partial charge on any atom is -0.392 e. The van der Waals surface area contributed by atoms with Gasteiger partial charge in [-0.15, -0.1) is 0 Å². The zero-order chi connectivity index (χ0) is 15.3. The molecule has 20 heavy (non-hydrogen) atoms. The van der Waals surface area contributed by atoms with Crippen molar-refractivity contribution in [3.8, 4) is 0 Å². The fourth-order valence-electron chi connectivity index (χ4n) is 3.13. The maximum atomic E-state index is 11.8. The van der Waals surface area contributed by atoms with Crippen molar-refractivity contribution >= 4 is 5.91 Å². The van der Waals surface area contributed by atoms with Crippen LogP contribution in [0.5, 0.6) is 0 Å². The van der Waals surface area contributed by atoms with Crippen molar-refractivity contribution in [1.82, 2.24) is 10.2 Å². The van der Waals surface area contributed by atoms with Crippen LogP contribution in [-0.4, -0.2) is 47.7 Å². The number of carbonyl (C=O) groups excluding carboxylic acids is 1. The van der Waals surface area contributed by atoms with Gasteiger partial charge in [0.2, 0.25) is 5.91 Å². The van der Waals surface area contributed by atoms with E-state index in [1.54, 1.807) is 0 Å². The Balaban J connectivity index is 2.32. The zero-order valence-electron chi connectivity index (χ0n) is 13.7. The van der Waals surface area contributed by atoms with Crippen LogP contribution in [0.15, 0.2) is 0 Å². The third-order valence-electron chi connectivity index (χ3n) is 4.05.